The molecular formula is C19H28N2O2. The molecule has 0 spiro atoms. The van der Waals surface area contributed by atoms with Gasteiger partial charge in [-0.3, -0.25) is 4.90 Å². The smallest absolute Gasteiger partial charge is 0.414 e. The van der Waals surface area contributed by atoms with Crippen molar-refractivity contribution in [3.05, 3.63) is 29.3 Å². The quantitative estimate of drug-likeness (QED) is 0.844. The van der Waals surface area contributed by atoms with Crippen molar-refractivity contribution < 1.29 is 9.53 Å². The third kappa shape index (κ3) is 3.86. The van der Waals surface area contributed by atoms with Gasteiger partial charge in [0, 0.05) is 12.6 Å². The van der Waals surface area contributed by atoms with Crippen LogP contribution >= 0.6 is 0 Å². The molecule has 1 fully saturated rings. The highest BCUT2D eigenvalue weighted by molar-refractivity contribution is 5.89. The molecule has 2 aliphatic heterocycles. The number of aryl methyl sites for hydroxylation is 1. The van der Waals surface area contributed by atoms with Crippen LogP contribution < -0.4 is 10.2 Å². The van der Waals surface area contributed by atoms with Crippen LogP contribution in [0.5, 0.6) is 0 Å². The van der Waals surface area contributed by atoms with Gasteiger partial charge in [0.1, 0.15) is 5.60 Å². The summed E-state index contributed by atoms with van der Waals surface area (Å²) in [4.78, 5) is 14.2. The fraction of sp³-hybridized carbons (Fsp3) is 0.632. The maximum absolute atomic E-state index is 12.5. The number of nitrogens with one attached hydrogen (secondary N) is 1. The Labute approximate surface area is 139 Å². The number of hydrogen-bond donors (Lipinski definition) is 1. The minimum Gasteiger partial charge on any atom is -0.443 e. The number of piperidine rings is 1. The molecule has 2 heterocycles. The van der Waals surface area contributed by atoms with E-state index in [4.69, 9.17) is 4.74 Å². The number of hydrogen-bond acceptors (Lipinski definition) is 3. The summed E-state index contributed by atoms with van der Waals surface area (Å²) in [6.45, 7) is 7.57. The van der Waals surface area contributed by atoms with Gasteiger partial charge in [0.25, 0.3) is 0 Å². The molecule has 1 aromatic rings. The highest BCUT2D eigenvalue weighted by atomic mass is 16.6. The Morgan fingerprint density at radius 1 is 1.26 bits per heavy atom. The summed E-state index contributed by atoms with van der Waals surface area (Å²) >= 11 is 0. The fourth-order valence-electron chi connectivity index (χ4n) is 3.48. The van der Waals surface area contributed by atoms with Crippen LogP contribution in [0, 0.1) is 0 Å². The van der Waals surface area contributed by atoms with Gasteiger partial charge in [0.2, 0.25) is 0 Å². The van der Waals surface area contributed by atoms with Gasteiger partial charge in [-0.2, -0.15) is 0 Å². The van der Waals surface area contributed by atoms with Crippen molar-refractivity contribution in [3.8, 4) is 0 Å². The Morgan fingerprint density at radius 3 is 2.78 bits per heavy atom. The van der Waals surface area contributed by atoms with Gasteiger partial charge in [0.15, 0.2) is 0 Å². The Balaban J connectivity index is 1.81. The molecule has 4 heteroatoms. The maximum Gasteiger partial charge on any atom is 0.414 e. The molecule has 0 aliphatic carbocycles. The SMILES string of the molecule is CC(C)(C)OC(=O)N1CCCc2cc(C3CCCCN3)ccc21. The number of rotatable bonds is 1. The second-order valence-corrected chi connectivity index (χ2v) is 7.63. The van der Waals surface area contributed by atoms with Crippen molar-refractivity contribution in [1.29, 1.82) is 0 Å². The molecule has 1 aromatic carbocycles. The van der Waals surface area contributed by atoms with Crippen molar-refractivity contribution in [2.45, 2.75) is 64.5 Å². The Kier molecular flexibility index (Phi) is 4.62. The van der Waals surface area contributed by atoms with Gasteiger partial charge in [-0.25, -0.2) is 4.79 Å². The number of carbonyl (C=O) groups is 1. The first-order chi connectivity index (χ1) is 10.9. The average Bonchev–Trinajstić information content (AvgIpc) is 2.53. The fourth-order valence-corrected chi connectivity index (χ4v) is 3.48. The maximum atomic E-state index is 12.5. The first-order valence-electron chi connectivity index (χ1n) is 8.81. The molecular weight excluding hydrogens is 288 g/mol. The summed E-state index contributed by atoms with van der Waals surface area (Å²) in [6, 6.07) is 7.02. The van der Waals surface area contributed by atoms with Gasteiger partial charge in [-0.1, -0.05) is 18.6 Å². The molecule has 0 saturated carbocycles. The van der Waals surface area contributed by atoms with Crippen LogP contribution in [0.25, 0.3) is 0 Å². The zero-order valence-corrected chi connectivity index (χ0v) is 14.5. The van der Waals surface area contributed by atoms with Gasteiger partial charge >= 0.3 is 6.09 Å². The lowest BCUT2D eigenvalue weighted by atomic mass is 9.93. The van der Waals surface area contributed by atoms with Crippen LogP contribution in [0.1, 0.15) is 63.6 Å². The first-order valence-corrected chi connectivity index (χ1v) is 8.81. The Morgan fingerprint density at radius 2 is 2.09 bits per heavy atom. The molecule has 126 valence electrons. The monoisotopic (exact) mass is 316 g/mol. The van der Waals surface area contributed by atoms with E-state index in [1.54, 1.807) is 4.90 Å². The van der Waals surface area contributed by atoms with E-state index in [-0.39, 0.29) is 6.09 Å². The van der Waals surface area contributed by atoms with Crippen LogP contribution in [0.4, 0.5) is 10.5 Å². The molecule has 1 N–H and O–H groups in total. The van der Waals surface area contributed by atoms with E-state index >= 15 is 0 Å². The van der Waals surface area contributed by atoms with Crippen LogP contribution in [0.2, 0.25) is 0 Å². The van der Waals surface area contributed by atoms with E-state index < -0.39 is 5.60 Å². The normalized spacial score (nSPS) is 21.7. The number of nitrogens with zero attached hydrogens (tertiary/aromatic N) is 1. The summed E-state index contributed by atoms with van der Waals surface area (Å²) < 4.78 is 5.56. The second-order valence-electron chi connectivity index (χ2n) is 7.63. The molecule has 2 aliphatic rings. The van der Waals surface area contributed by atoms with Crippen LogP contribution in [-0.2, 0) is 11.2 Å². The number of carbonyl (C=O) groups excluding carboxylic acids is 1. The first kappa shape index (κ1) is 16.3. The summed E-state index contributed by atoms with van der Waals surface area (Å²) in [5.74, 6) is 0. The number of anilines is 1. The topological polar surface area (TPSA) is 41.6 Å². The number of benzene rings is 1. The second kappa shape index (κ2) is 6.52. The Hall–Kier alpha value is -1.55. The van der Waals surface area contributed by atoms with Crippen LogP contribution in [-0.4, -0.2) is 24.8 Å². The molecule has 4 nitrogen and oxygen atoms in total. The third-order valence-electron chi connectivity index (χ3n) is 4.55. The lowest BCUT2D eigenvalue weighted by Gasteiger charge is -2.32. The van der Waals surface area contributed by atoms with Crippen molar-refractivity contribution in [3.63, 3.8) is 0 Å². The van der Waals surface area contributed by atoms with E-state index in [0.29, 0.717) is 6.04 Å². The summed E-state index contributed by atoms with van der Waals surface area (Å²) in [6.07, 6.45) is 5.56. The van der Waals surface area contributed by atoms with Gasteiger partial charge in [-0.15, -0.1) is 0 Å². The molecule has 0 bridgehead atoms. The van der Waals surface area contributed by atoms with Gasteiger partial charge in [-0.05, 0) is 70.2 Å². The number of fused-ring (bicyclic) bond motifs is 1. The summed E-state index contributed by atoms with van der Waals surface area (Å²) in [7, 11) is 0. The summed E-state index contributed by atoms with van der Waals surface area (Å²) in [5, 5.41) is 3.60. The standard InChI is InChI=1S/C19H28N2O2/c1-19(2,3)23-18(22)21-12-6-7-15-13-14(9-10-17(15)21)16-8-4-5-11-20-16/h9-10,13,16,20H,4-8,11-12H2,1-3H3. The minimum absolute atomic E-state index is 0.234. The molecule has 3 rings (SSSR count). The molecule has 1 unspecified atom stereocenters. The van der Waals surface area contributed by atoms with Gasteiger partial charge in [0.05, 0.1) is 5.69 Å². The average molecular weight is 316 g/mol. The molecule has 0 radical (unpaired) electrons. The lowest BCUT2D eigenvalue weighted by molar-refractivity contribution is 0.0578. The minimum atomic E-state index is -0.458. The molecule has 1 saturated heterocycles. The predicted octanol–water partition coefficient (Wildman–Crippen LogP) is 4.19. The lowest BCUT2D eigenvalue weighted by Crippen LogP contribution is -2.39. The van der Waals surface area contributed by atoms with E-state index in [2.05, 4.69) is 23.5 Å². The number of amides is 1. The molecule has 1 amide bonds. The van der Waals surface area contributed by atoms with E-state index in [0.717, 1.165) is 31.6 Å². The van der Waals surface area contributed by atoms with Gasteiger partial charge < -0.3 is 10.1 Å². The molecule has 1 atom stereocenters. The largest absolute Gasteiger partial charge is 0.443 e. The van der Waals surface area contributed by atoms with Crippen LogP contribution in [0.3, 0.4) is 0 Å². The highest BCUT2D eigenvalue weighted by Crippen LogP contribution is 2.32. The van der Waals surface area contributed by atoms with Crippen LogP contribution in [0.15, 0.2) is 18.2 Å². The van der Waals surface area contributed by atoms with Crippen molar-refractivity contribution >= 4 is 11.8 Å². The zero-order valence-electron chi connectivity index (χ0n) is 14.5. The van der Waals surface area contributed by atoms with Crippen molar-refractivity contribution in [2.24, 2.45) is 0 Å². The highest BCUT2D eigenvalue weighted by Gasteiger charge is 2.28. The molecule has 23 heavy (non-hydrogen) atoms. The summed E-state index contributed by atoms with van der Waals surface area (Å²) in [5.41, 5.74) is 3.19. The van der Waals surface area contributed by atoms with Crippen molar-refractivity contribution in [2.75, 3.05) is 18.0 Å². The predicted molar refractivity (Wildman–Crippen MR) is 92.9 cm³/mol. The van der Waals surface area contributed by atoms with E-state index in [1.165, 1.54) is 30.4 Å². The van der Waals surface area contributed by atoms with Crippen molar-refractivity contribution in [1.82, 2.24) is 5.32 Å². The zero-order chi connectivity index (χ0) is 16.4. The third-order valence-corrected chi connectivity index (χ3v) is 4.55. The van der Waals surface area contributed by atoms with E-state index in [9.17, 15) is 4.79 Å². The molecule has 0 aromatic heterocycles. The Bertz CT molecular complexity index is 571. The van der Waals surface area contributed by atoms with E-state index in [1.807, 2.05) is 20.8 Å². The number of ether oxygens (including phenoxy) is 1.